The van der Waals surface area contributed by atoms with Gasteiger partial charge in [0.05, 0.1) is 23.7 Å². The maximum absolute atomic E-state index is 13.0. The van der Waals surface area contributed by atoms with Gasteiger partial charge in [-0.3, -0.25) is 19.5 Å². The summed E-state index contributed by atoms with van der Waals surface area (Å²) in [6, 6.07) is 9.71. The zero-order valence-electron chi connectivity index (χ0n) is 14.5. The molecule has 0 fully saturated rings. The van der Waals surface area contributed by atoms with Crippen molar-refractivity contribution < 1.29 is 9.53 Å². The molecule has 1 amide bonds. The number of ether oxygens (including phenoxy) is 1. The molecule has 4 aromatic rings. The van der Waals surface area contributed by atoms with Gasteiger partial charge in [0, 0.05) is 22.2 Å². The molecule has 0 radical (unpaired) electrons. The van der Waals surface area contributed by atoms with E-state index >= 15 is 0 Å². The number of thiazole rings is 1. The number of aromatic nitrogens is 3. The third-order valence-corrected chi connectivity index (χ3v) is 5.00. The first-order chi connectivity index (χ1) is 13.6. The van der Waals surface area contributed by atoms with E-state index in [2.05, 4.69) is 15.3 Å². The molecule has 0 saturated carbocycles. The first kappa shape index (κ1) is 18.1. The minimum atomic E-state index is -0.320. The number of nitrogens with one attached hydrogen (secondary N) is 1. The minimum Gasteiger partial charge on any atom is -0.495 e. The van der Waals surface area contributed by atoms with Crippen molar-refractivity contribution in [3.63, 3.8) is 0 Å². The molecular weight excluding hydrogens is 400 g/mol. The fraction of sp³-hybridized carbons (Fsp3) is 0.0526. The Morgan fingerprint density at radius 1 is 1.21 bits per heavy atom. The highest BCUT2D eigenvalue weighted by molar-refractivity contribution is 7.13. The number of rotatable bonds is 4. The molecular formula is C19H13ClN4O3S. The zero-order valence-corrected chi connectivity index (χ0v) is 16.1. The van der Waals surface area contributed by atoms with Crippen LogP contribution in [0.25, 0.3) is 16.6 Å². The van der Waals surface area contributed by atoms with E-state index < -0.39 is 0 Å². The summed E-state index contributed by atoms with van der Waals surface area (Å²) in [7, 11) is 1.51. The van der Waals surface area contributed by atoms with E-state index in [1.807, 2.05) is 0 Å². The van der Waals surface area contributed by atoms with Gasteiger partial charge in [0.2, 0.25) is 0 Å². The number of fused-ring (bicyclic) bond motifs is 1. The van der Waals surface area contributed by atoms with E-state index in [0.29, 0.717) is 38.1 Å². The van der Waals surface area contributed by atoms with Crippen molar-refractivity contribution in [2.24, 2.45) is 0 Å². The van der Waals surface area contributed by atoms with Gasteiger partial charge in [0.25, 0.3) is 11.5 Å². The topological polar surface area (TPSA) is 86.1 Å². The molecule has 2 heterocycles. The van der Waals surface area contributed by atoms with Gasteiger partial charge in [-0.25, -0.2) is 9.97 Å². The third-order valence-electron chi connectivity index (χ3n) is 4.07. The van der Waals surface area contributed by atoms with Gasteiger partial charge in [-0.1, -0.05) is 11.6 Å². The number of amides is 1. The first-order valence-corrected chi connectivity index (χ1v) is 9.39. The Morgan fingerprint density at radius 2 is 2.07 bits per heavy atom. The van der Waals surface area contributed by atoms with Crippen molar-refractivity contribution in [2.45, 2.75) is 0 Å². The summed E-state index contributed by atoms with van der Waals surface area (Å²) in [5.41, 5.74) is 0.985. The monoisotopic (exact) mass is 412 g/mol. The molecule has 0 aliphatic heterocycles. The molecule has 28 heavy (non-hydrogen) atoms. The highest BCUT2D eigenvalue weighted by atomic mass is 35.5. The van der Waals surface area contributed by atoms with Gasteiger partial charge in [-0.15, -0.1) is 11.3 Å². The molecule has 140 valence electrons. The number of methoxy groups -OCH3 is 1. The number of hydrogen-bond acceptors (Lipinski definition) is 6. The number of halogens is 1. The molecule has 0 saturated heterocycles. The van der Waals surface area contributed by atoms with Crippen LogP contribution in [0.2, 0.25) is 5.02 Å². The maximum atomic E-state index is 13.0. The van der Waals surface area contributed by atoms with Gasteiger partial charge in [0.15, 0.2) is 5.13 Å². The van der Waals surface area contributed by atoms with Gasteiger partial charge in [-0.2, -0.15) is 0 Å². The first-order valence-electron chi connectivity index (χ1n) is 8.13. The lowest BCUT2D eigenvalue weighted by Crippen LogP contribution is -2.20. The SMILES string of the molecule is COc1ccc(Cl)cc1-n1cnc2cc(C(=O)Nc3nccs3)ccc2c1=O. The minimum absolute atomic E-state index is 0.294. The Morgan fingerprint density at radius 3 is 2.82 bits per heavy atom. The molecule has 7 nitrogen and oxygen atoms in total. The van der Waals surface area contributed by atoms with Crippen molar-refractivity contribution in [1.29, 1.82) is 0 Å². The lowest BCUT2D eigenvalue weighted by molar-refractivity contribution is 0.102. The van der Waals surface area contributed by atoms with E-state index in [-0.39, 0.29) is 11.5 Å². The third kappa shape index (κ3) is 3.35. The predicted molar refractivity (Wildman–Crippen MR) is 109 cm³/mol. The Balaban J connectivity index is 1.76. The van der Waals surface area contributed by atoms with Crippen LogP contribution < -0.4 is 15.6 Å². The maximum Gasteiger partial charge on any atom is 0.265 e. The van der Waals surface area contributed by atoms with Crippen LogP contribution in [0.3, 0.4) is 0 Å². The summed E-state index contributed by atoms with van der Waals surface area (Å²) >= 11 is 7.39. The Kier molecular flexibility index (Phi) is 4.81. The molecule has 0 aliphatic rings. The fourth-order valence-electron chi connectivity index (χ4n) is 2.74. The second-order valence-electron chi connectivity index (χ2n) is 5.76. The quantitative estimate of drug-likeness (QED) is 0.551. The second-order valence-corrected chi connectivity index (χ2v) is 7.09. The smallest absolute Gasteiger partial charge is 0.265 e. The molecule has 0 bridgehead atoms. The van der Waals surface area contributed by atoms with Crippen LogP contribution in [-0.2, 0) is 0 Å². The average molecular weight is 413 g/mol. The number of carbonyl (C=O) groups is 1. The average Bonchev–Trinajstić information content (AvgIpc) is 3.21. The molecule has 9 heteroatoms. The normalized spacial score (nSPS) is 10.8. The Hall–Kier alpha value is -3.23. The van der Waals surface area contributed by atoms with E-state index in [4.69, 9.17) is 16.3 Å². The number of benzene rings is 2. The van der Waals surface area contributed by atoms with Crippen LogP contribution in [0, 0.1) is 0 Å². The van der Waals surface area contributed by atoms with Crippen molar-refractivity contribution >= 4 is 44.9 Å². The van der Waals surface area contributed by atoms with Gasteiger partial charge >= 0.3 is 0 Å². The van der Waals surface area contributed by atoms with E-state index in [1.54, 1.807) is 48.0 Å². The standard InChI is InChI=1S/C19H13ClN4O3S/c1-27-16-5-3-12(20)9-15(16)24-10-22-14-8-11(2-4-13(14)18(24)26)17(25)23-19-21-6-7-28-19/h2-10H,1H3,(H,21,23,25). The van der Waals surface area contributed by atoms with E-state index in [1.165, 1.54) is 29.3 Å². The molecule has 4 rings (SSSR count). The van der Waals surface area contributed by atoms with Crippen LogP contribution in [0.5, 0.6) is 5.75 Å². The van der Waals surface area contributed by atoms with Crippen molar-refractivity contribution in [3.05, 3.63) is 75.2 Å². The summed E-state index contributed by atoms with van der Waals surface area (Å²) in [5.74, 6) is 0.173. The molecule has 0 aliphatic carbocycles. The summed E-state index contributed by atoms with van der Waals surface area (Å²) in [5, 5.41) is 5.81. The summed E-state index contributed by atoms with van der Waals surface area (Å²) in [6.07, 6.45) is 3.00. The van der Waals surface area contributed by atoms with Crippen LogP contribution in [0.1, 0.15) is 10.4 Å². The lowest BCUT2D eigenvalue weighted by Gasteiger charge is -2.12. The molecule has 0 atom stereocenters. The summed E-state index contributed by atoms with van der Waals surface area (Å²) < 4.78 is 6.68. The number of hydrogen-bond donors (Lipinski definition) is 1. The van der Waals surface area contributed by atoms with Crippen molar-refractivity contribution in [1.82, 2.24) is 14.5 Å². The van der Waals surface area contributed by atoms with Crippen LogP contribution in [0.4, 0.5) is 5.13 Å². The molecule has 2 aromatic carbocycles. The van der Waals surface area contributed by atoms with Gasteiger partial charge < -0.3 is 4.74 Å². The molecule has 2 aromatic heterocycles. The van der Waals surface area contributed by atoms with E-state index in [0.717, 1.165) is 0 Å². The summed E-state index contributed by atoms with van der Waals surface area (Å²) in [6.45, 7) is 0. The Labute approximate surface area is 168 Å². The van der Waals surface area contributed by atoms with Crippen molar-refractivity contribution in [3.8, 4) is 11.4 Å². The van der Waals surface area contributed by atoms with Gasteiger partial charge in [-0.05, 0) is 36.4 Å². The molecule has 0 unspecified atom stereocenters. The number of nitrogens with zero attached hydrogens (tertiary/aromatic N) is 3. The highest BCUT2D eigenvalue weighted by Gasteiger charge is 2.14. The number of carbonyl (C=O) groups excluding carboxylic acids is 1. The molecule has 0 spiro atoms. The largest absolute Gasteiger partial charge is 0.495 e. The zero-order chi connectivity index (χ0) is 19.7. The van der Waals surface area contributed by atoms with Crippen molar-refractivity contribution in [2.75, 3.05) is 12.4 Å². The predicted octanol–water partition coefficient (Wildman–Crippen LogP) is 3.76. The fourth-order valence-corrected chi connectivity index (χ4v) is 3.43. The van der Waals surface area contributed by atoms with Crippen LogP contribution in [-0.4, -0.2) is 27.6 Å². The lowest BCUT2D eigenvalue weighted by atomic mass is 10.1. The van der Waals surface area contributed by atoms with E-state index in [9.17, 15) is 9.59 Å². The number of anilines is 1. The Bertz CT molecular complexity index is 1240. The summed E-state index contributed by atoms with van der Waals surface area (Å²) in [4.78, 5) is 33.7. The molecule has 1 N–H and O–H groups in total. The van der Waals surface area contributed by atoms with Gasteiger partial charge in [0.1, 0.15) is 12.1 Å². The van der Waals surface area contributed by atoms with Crippen LogP contribution >= 0.6 is 22.9 Å². The van der Waals surface area contributed by atoms with Crippen LogP contribution in [0.15, 0.2) is 59.1 Å². The highest BCUT2D eigenvalue weighted by Crippen LogP contribution is 2.25. The second kappa shape index (κ2) is 7.41.